The van der Waals surface area contributed by atoms with Crippen LogP contribution in [0.15, 0.2) is 40.8 Å². The highest BCUT2D eigenvalue weighted by molar-refractivity contribution is 6.01. The molecule has 0 N–H and O–H groups in total. The number of Topliss-reactive ketones (excluding diaryl/α,β-unsaturated/α-hetero) is 1. The van der Waals surface area contributed by atoms with Crippen molar-refractivity contribution in [3.8, 4) is 17.2 Å². The quantitative estimate of drug-likeness (QED) is 0.472. The molecule has 0 amide bonds. The summed E-state index contributed by atoms with van der Waals surface area (Å²) in [7, 11) is 0. The van der Waals surface area contributed by atoms with E-state index in [0.29, 0.717) is 40.6 Å². The molecule has 0 spiro atoms. The lowest BCUT2D eigenvalue weighted by Gasteiger charge is -2.04. The summed E-state index contributed by atoms with van der Waals surface area (Å²) >= 11 is 0. The summed E-state index contributed by atoms with van der Waals surface area (Å²) in [5, 5.41) is 0.764. The molecule has 7 nitrogen and oxygen atoms in total. The molecule has 1 aliphatic heterocycles. The lowest BCUT2D eigenvalue weighted by atomic mass is 10.1. The second-order valence-corrected chi connectivity index (χ2v) is 6.21. The number of esters is 1. The van der Waals surface area contributed by atoms with Crippen molar-refractivity contribution in [2.45, 2.75) is 13.8 Å². The molecule has 2 aromatic carbocycles. The number of hydrogen-bond acceptors (Lipinski definition) is 7. The van der Waals surface area contributed by atoms with E-state index in [1.165, 1.54) is 0 Å². The molecule has 4 rings (SSSR count). The lowest BCUT2D eigenvalue weighted by Crippen LogP contribution is -2.14. The predicted octanol–water partition coefficient (Wildman–Crippen LogP) is 3.91. The Labute approximate surface area is 160 Å². The van der Waals surface area contributed by atoms with Crippen molar-refractivity contribution in [2.75, 3.05) is 20.0 Å². The van der Waals surface area contributed by atoms with Crippen LogP contribution < -0.4 is 14.2 Å². The van der Waals surface area contributed by atoms with Crippen LogP contribution in [0.3, 0.4) is 0 Å². The highest BCUT2D eigenvalue weighted by atomic mass is 16.7. The molecule has 1 aliphatic rings. The fourth-order valence-corrected chi connectivity index (χ4v) is 3.00. The molecule has 0 unspecified atom stereocenters. The second-order valence-electron chi connectivity index (χ2n) is 6.21. The van der Waals surface area contributed by atoms with Gasteiger partial charge in [-0.1, -0.05) is 0 Å². The predicted molar refractivity (Wildman–Crippen MR) is 99.3 cm³/mol. The molecule has 28 heavy (non-hydrogen) atoms. The van der Waals surface area contributed by atoms with E-state index < -0.39 is 12.6 Å². The maximum atomic E-state index is 12.4. The fraction of sp³-hybridized carbons (Fsp3) is 0.238. The summed E-state index contributed by atoms with van der Waals surface area (Å²) in [6.45, 7) is 3.92. The molecule has 0 aliphatic carbocycles. The Hall–Kier alpha value is -3.48. The first-order chi connectivity index (χ1) is 13.6. The van der Waals surface area contributed by atoms with E-state index >= 15 is 0 Å². The fourth-order valence-electron chi connectivity index (χ4n) is 3.00. The number of carbonyl (C=O) groups is 2. The Balaban J connectivity index is 1.47. The topological polar surface area (TPSA) is 84.2 Å². The van der Waals surface area contributed by atoms with E-state index in [1.54, 1.807) is 37.3 Å². The zero-order chi connectivity index (χ0) is 19.7. The average Bonchev–Trinajstić information content (AvgIpc) is 3.30. The van der Waals surface area contributed by atoms with Crippen LogP contribution in [0, 0.1) is 6.92 Å². The first kappa shape index (κ1) is 17.9. The second kappa shape index (κ2) is 7.26. The van der Waals surface area contributed by atoms with Crippen molar-refractivity contribution >= 4 is 22.7 Å². The smallest absolute Gasteiger partial charge is 0.375 e. The van der Waals surface area contributed by atoms with Crippen LogP contribution in [0.1, 0.15) is 33.4 Å². The summed E-state index contributed by atoms with van der Waals surface area (Å²) in [6.07, 6.45) is 0. The highest BCUT2D eigenvalue weighted by Crippen LogP contribution is 2.33. The first-order valence-electron chi connectivity index (χ1n) is 8.82. The monoisotopic (exact) mass is 382 g/mol. The van der Waals surface area contributed by atoms with E-state index in [2.05, 4.69) is 0 Å². The van der Waals surface area contributed by atoms with Gasteiger partial charge in [0, 0.05) is 16.5 Å². The number of carbonyl (C=O) groups excluding carboxylic acids is 2. The van der Waals surface area contributed by atoms with Crippen molar-refractivity contribution in [1.82, 2.24) is 0 Å². The van der Waals surface area contributed by atoms with E-state index in [-0.39, 0.29) is 18.3 Å². The van der Waals surface area contributed by atoms with Gasteiger partial charge >= 0.3 is 5.97 Å². The van der Waals surface area contributed by atoms with Gasteiger partial charge in [-0.2, -0.15) is 0 Å². The van der Waals surface area contributed by atoms with Crippen molar-refractivity contribution in [1.29, 1.82) is 0 Å². The Morgan fingerprint density at radius 2 is 1.89 bits per heavy atom. The van der Waals surface area contributed by atoms with E-state index in [0.717, 1.165) is 5.39 Å². The van der Waals surface area contributed by atoms with Crippen LogP contribution in [0.4, 0.5) is 0 Å². The SMILES string of the molecule is CCOc1ccc2oc(C(=O)OCC(=O)c3ccc4c(c3)OCO4)c(C)c2c1. The van der Waals surface area contributed by atoms with Gasteiger partial charge in [-0.05, 0) is 50.2 Å². The molecule has 0 radical (unpaired) electrons. The Morgan fingerprint density at radius 3 is 2.71 bits per heavy atom. The van der Waals surface area contributed by atoms with Crippen molar-refractivity contribution in [3.63, 3.8) is 0 Å². The molecule has 144 valence electrons. The zero-order valence-corrected chi connectivity index (χ0v) is 15.4. The normalized spacial score (nSPS) is 12.2. The third kappa shape index (κ3) is 3.26. The minimum absolute atomic E-state index is 0.0714. The van der Waals surface area contributed by atoms with Crippen LogP contribution in [0.5, 0.6) is 17.2 Å². The molecular weight excluding hydrogens is 364 g/mol. The minimum Gasteiger partial charge on any atom is -0.494 e. The van der Waals surface area contributed by atoms with Gasteiger partial charge in [0.1, 0.15) is 11.3 Å². The van der Waals surface area contributed by atoms with Crippen LogP contribution >= 0.6 is 0 Å². The Kier molecular flexibility index (Phi) is 4.65. The summed E-state index contributed by atoms with van der Waals surface area (Å²) in [5.41, 5.74) is 1.56. The van der Waals surface area contributed by atoms with Gasteiger partial charge in [0.05, 0.1) is 6.61 Å². The largest absolute Gasteiger partial charge is 0.494 e. The van der Waals surface area contributed by atoms with Gasteiger partial charge in [-0.3, -0.25) is 4.79 Å². The summed E-state index contributed by atoms with van der Waals surface area (Å²) in [6, 6.07) is 10.1. The third-order valence-electron chi connectivity index (χ3n) is 4.43. The molecular formula is C21H18O7. The van der Waals surface area contributed by atoms with Gasteiger partial charge < -0.3 is 23.4 Å². The number of hydrogen-bond donors (Lipinski definition) is 0. The van der Waals surface area contributed by atoms with Crippen LogP contribution in [0.25, 0.3) is 11.0 Å². The van der Waals surface area contributed by atoms with Crippen LogP contribution in [0.2, 0.25) is 0 Å². The zero-order valence-electron chi connectivity index (χ0n) is 15.4. The Bertz CT molecular complexity index is 1060. The molecule has 1 aromatic heterocycles. The number of ether oxygens (including phenoxy) is 4. The molecule has 2 heterocycles. The molecule has 0 fully saturated rings. The number of aryl methyl sites for hydroxylation is 1. The Morgan fingerprint density at radius 1 is 1.07 bits per heavy atom. The van der Waals surface area contributed by atoms with Gasteiger partial charge in [0.25, 0.3) is 0 Å². The summed E-state index contributed by atoms with van der Waals surface area (Å²) in [4.78, 5) is 24.8. The van der Waals surface area contributed by atoms with Crippen molar-refractivity contribution in [3.05, 3.63) is 53.3 Å². The number of fused-ring (bicyclic) bond motifs is 2. The van der Waals surface area contributed by atoms with E-state index in [9.17, 15) is 9.59 Å². The number of benzene rings is 2. The summed E-state index contributed by atoms with van der Waals surface area (Å²) < 4.78 is 26.7. The van der Waals surface area contributed by atoms with E-state index in [1.807, 2.05) is 13.0 Å². The molecule has 7 heteroatoms. The van der Waals surface area contributed by atoms with Gasteiger partial charge in [0.15, 0.2) is 23.9 Å². The van der Waals surface area contributed by atoms with E-state index in [4.69, 9.17) is 23.4 Å². The average molecular weight is 382 g/mol. The van der Waals surface area contributed by atoms with Gasteiger partial charge in [-0.25, -0.2) is 4.79 Å². The molecule has 0 saturated carbocycles. The molecule has 0 saturated heterocycles. The van der Waals surface area contributed by atoms with Crippen molar-refractivity contribution in [2.24, 2.45) is 0 Å². The first-order valence-corrected chi connectivity index (χ1v) is 8.82. The number of rotatable bonds is 6. The third-order valence-corrected chi connectivity index (χ3v) is 4.43. The standard InChI is InChI=1S/C21H18O7/c1-3-24-14-5-7-17-15(9-14)12(2)20(28-17)21(23)25-10-16(22)13-4-6-18-19(8-13)27-11-26-18/h4-9H,3,10-11H2,1-2H3. The van der Waals surface area contributed by atoms with Crippen molar-refractivity contribution < 1.29 is 33.0 Å². The number of furan rings is 1. The minimum atomic E-state index is -0.694. The van der Waals surface area contributed by atoms with Gasteiger partial charge in [-0.15, -0.1) is 0 Å². The molecule has 0 bridgehead atoms. The maximum absolute atomic E-state index is 12.4. The lowest BCUT2D eigenvalue weighted by molar-refractivity contribution is 0.0445. The van der Waals surface area contributed by atoms with Crippen LogP contribution in [-0.2, 0) is 4.74 Å². The van der Waals surface area contributed by atoms with Gasteiger partial charge in [0.2, 0.25) is 12.6 Å². The summed E-state index contributed by atoms with van der Waals surface area (Å²) in [5.74, 6) is 0.798. The van der Waals surface area contributed by atoms with Crippen LogP contribution in [-0.4, -0.2) is 31.8 Å². The maximum Gasteiger partial charge on any atom is 0.375 e. The number of ketones is 1. The highest BCUT2D eigenvalue weighted by Gasteiger charge is 2.22. The molecule has 0 atom stereocenters. The molecule has 3 aromatic rings.